The molecule has 0 unspecified atom stereocenters. The Morgan fingerprint density at radius 3 is 2.74 bits per heavy atom. The van der Waals surface area contributed by atoms with Gasteiger partial charge in [-0.05, 0) is 41.5 Å². The number of rotatable bonds is 4. The molecule has 0 heterocycles. The van der Waals surface area contributed by atoms with Gasteiger partial charge in [-0.25, -0.2) is 4.39 Å². The first-order valence-electron chi connectivity index (χ1n) is 5.70. The van der Waals surface area contributed by atoms with Crippen LogP contribution in [0.2, 0.25) is 5.02 Å². The van der Waals surface area contributed by atoms with Crippen molar-refractivity contribution in [1.82, 2.24) is 0 Å². The quantitative estimate of drug-likeness (QED) is 0.843. The van der Waals surface area contributed by atoms with E-state index in [4.69, 9.17) is 21.6 Å². The van der Waals surface area contributed by atoms with Gasteiger partial charge in [0.25, 0.3) is 0 Å². The summed E-state index contributed by atoms with van der Waals surface area (Å²) in [5, 5.41) is 9.56. The number of nitriles is 1. The second-order valence-electron chi connectivity index (χ2n) is 4.04. The molecule has 0 amide bonds. The highest BCUT2D eigenvalue weighted by molar-refractivity contribution is 6.30. The Kier molecular flexibility index (Phi) is 4.51. The van der Waals surface area contributed by atoms with Crippen molar-refractivity contribution >= 4 is 11.6 Å². The molecule has 96 valence electrons. The molecule has 2 aromatic rings. The summed E-state index contributed by atoms with van der Waals surface area (Å²) in [5.41, 5.74) is 1.90. The third kappa shape index (κ3) is 3.78. The molecule has 0 aromatic heterocycles. The summed E-state index contributed by atoms with van der Waals surface area (Å²) in [6, 6.07) is 13.4. The van der Waals surface area contributed by atoms with Crippen molar-refractivity contribution in [1.29, 1.82) is 5.26 Å². The molecule has 0 radical (unpaired) electrons. The molecular weight excluding hydrogens is 265 g/mol. The molecule has 2 aromatic carbocycles. The minimum absolute atomic E-state index is 0.188. The van der Waals surface area contributed by atoms with Gasteiger partial charge in [0.15, 0.2) is 0 Å². The molecule has 0 saturated heterocycles. The normalized spacial score (nSPS) is 10.2. The monoisotopic (exact) mass is 275 g/mol. The van der Waals surface area contributed by atoms with Gasteiger partial charge in [0, 0.05) is 5.02 Å². The van der Waals surface area contributed by atoms with Gasteiger partial charge in [0.1, 0.15) is 5.82 Å². The Hall–Kier alpha value is -1.89. The van der Waals surface area contributed by atoms with Crippen molar-refractivity contribution in [3.05, 3.63) is 70.0 Å². The van der Waals surface area contributed by atoms with Crippen LogP contribution < -0.4 is 0 Å². The van der Waals surface area contributed by atoms with Gasteiger partial charge in [0.05, 0.1) is 24.8 Å². The molecule has 0 aliphatic carbocycles. The summed E-state index contributed by atoms with van der Waals surface area (Å²) in [7, 11) is 0. The van der Waals surface area contributed by atoms with E-state index in [-0.39, 0.29) is 12.4 Å². The number of nitrogens with zero attached hydrogens (tertiary/aromatic N) is 1. The minimum Gasteiger partial charge on any atom is -0.372 e. The van der Waals surface area contributed by atoms with Crippen LogP contribution in [0.4, 0.5) is 4.39 Å². The second-order valence-corrected chi connectivity index (χ2v) is 4.47. The lowest BCUT2D eigenvalue weighted by molar-refractivity contribution is 0.107. The Bertz CT molecular complexity index is 622. The highest BCUT2D eigenvalue weighted by Gasteiger charge is 2.04. The van der Waals surface area contributed by atoms with Crippen molar-refractivity contribution in [3.63, 3.8) is 0 Å². The zero-order valence-corrected chi connectivity index (χ0v) is 10.8. The molecule has 0 atom stereocenters. The van der Waals surface area contributed by atoms with E-state index in [9.17, 15) is 4.39 Å². The minimum atomic E-state index is -0.375. The maximum absolute atomic E-state index is 13.1. The zero-order chi connectivity index (χ0) is 13.7. The Balaban J connectivity index is 2.00. The number of ether oxygens (including phenoxy) is 1. The lowest BCUT2D eigenvalue weighted by Gasteiger charge is -2.06. The van der Waals surface area contributed by atoms with Crippen molar-refractivity contribution in [2.75, 3.05) is 0 Å². The van der Waals surface area contributed by atoms with E-state index in [0.29, 0.717) is 22.8 Å². The van der Waals surface area contributed by atoms with Gasteiger partial charge in [-0.15, -0.1) is 0 Å². The zero-order valence-electron chi connectivity index (χ0n) is 10.1. The van der Waals surface area contributed by atoms with Gasteiger partial charge < -0.3 is 4.74 Å². The van der Waals surface area contributed by atoms with E-state index in [2.05, 4.69) is 0 Å². The molecule has 0 bridgehead atoms. The van der Waals surface area contributed by atoms with Crippen LogP contribution in [0.25, 0.3) is 0 Å². The van der Waals surface area contributed by atoms with E-state index in [1.807, 2.05) is 18.2 Å². The summed E-state index contributed by atoms with van der Waals surface area (Å²) < 4.78 is 18.6. The summed E-state index contributed by atoms with van der Waals surface area (Å²) in [4.78, 5) is 0. The summed E-state index contributed by atoms with van der Waals surface area (Å²) >= 11 is 5.86. The first-order valence-corrected chi connectivity index (χ1v) is 6.07. The molecule has 2 rings (SSSR count). The van der Waals surface area contributed by atoms with E-state index >= 15 is 0 Å². The van der Waals surface area contributed by atoms with Gasteiger partial charge in [0.2, 0.25) is 0 Å². The van der Waals surface area contributed by atoms with Crippen LogP contribution >= 0.6 is 11.6 Å². The molecule has 0 saturated carbocycles. The standard InChI is InChI=1S/C15H11ClFNO/c16-14-3-1-2-11(6-14)9-19-10-13-7-15(17)5-4-12(13)8-18/h1-7H,9-10H2. The fraction of sp³-hybridized carbons (Fsp3) is 0.133. The van der Waals surface area contributed by atoms with Gasteiger partial charge >= 0.3 is 0 Å². The van der Waals surface area contributed by atoms with Crippen LogP contribution in [-0.4, -0.2) is 0 Å². The van der Waals surface area contributed by atoms with Crippen molar-refractivity contribution in [2.24, 2.45) is 0 Å². The number of benzene rings is 2. The first-order chi connectivity index (χ1) is 9.19. The predicted octanol–water partition coefficient (Wildman–Crippen LogP) is 4.07. The molecule has 4 heteroatoms. The fourth-order valence-electron chi connectivity index (χ4n) is 1.70. The smallest absolute Gasteiger partial charge is 0.123 e. The Morgan fingerprint density at radius 2 is 2.00 bits per heavy atom. The maximum atomic E-state index is 13.1. The number of halogens is 2. The van der Waals surface area contributed by atoms with Crippen LogP contribution in [0.15, 0.2) is 42.5 Å². The molecular formula is C15H11ClFNO. The van der Waals surface area contributed by atoms with E-state index in [1.54, 1.807) is 12.1 Å². The molecule has 0 N–H and O–H groups in total. The summed E-state index contributed by atoms with van der Waals surface area (Å²) in [6.45, 7) is 0.551. The average Bonchev–Trinajstić information content (AvgIpc) is 2.39. The average molecular weight is 276 g/mol. The van der Waals surface area contributed by atoms with E-state index in [1.165, 1.54) is 18.2 Å². The van der Waals surface area contributed by atoms with Gasteiger partial charge in [-0.2, -0.15) is 5.26 Å². The lowest BCUT2D eigenvalue weighted by Crippen LogP contribution is -1.97. The molecule has 0 spiro atoms. The van der Waals surface area contributed by atoms with Crippen molar-refractivity contribution in [3.8, 4) is 6.07 Å². The highest BCUT2D eigenvalue weighted by Crippen LogP contribution is 2.15. The van der Waals surface area contributed by atoms with Crippen LogP contribution in [0, 0.1) is 17.1 Å². The van der Waals surface area contributed by atoms with Crippen molar-refractivity contribution < 1.29 is 9.13 Å². The molecule has 0 fully saturated rings. The van der Waals surface area contributed by atoms with Crippen LogP contribution in [0.5, 0.6) is 0 Å². The van der Waals surface area contributed by atoms with Crippen LogP contribution in [0.3, 0.4) is 0 Å². The molecule has 2 nitrogen and oxygen atoms in total. The van der Waals surface area contributed by atoms with Gasteiger partial charge in [-0.3, -0.25) is 0 Å². The third-order valence-corrected chi connectivity index (χ3v) is 2.84. The summed E-state index contributed by atoms with van der Waals surface area (Å²) in [6.07, 6.45) is 0. The first kappa shape index (κ1) is 13.5. The lowest BCUT2D eigenvalue weighted by atomic mass is 10.1. The summed E-state index contributed by atoms with van der Waals surface area (Å²) in [5.74, 6) is -0.375. The van der Waals surface area contributed by atoms with Crippen LogP contribution in [0.1, 0.15) is 16.7 Å². The SMILES string of the molecule is N#Cc1ccc(F)cc1COCc1cccc(Cl)c1. The maximum Gasteiger partial charge on any atom is 0.123 e. The predicted molar refractivity (Wildman–Crippen MR) is 71.1 cm³/mol. The van der Waals surface area contributed by atoms with E-state index in [0.717, 1.165) is 5.56 Å². The highest BCUT2D eigenvalue weighted by atomic mass is 35.5. The topological polar surface area (TPSA) is 33.0 Å². The van der Waals surface area contributed by atoms with Crippen molar-refractivity contribution in [2.45, 2.75) is 13.2 Å². The molecule has 0 aliphatic heterocycles. The molecule has 0 aliphatic rings. The third-order valence-electron chi connectivity index (χ3n) is 2.60. The van der Waals surface area contributed by atoms with E-state index < -0.39 is 0 Å². The Morgan fingerprint density at radius 1 is 1.16 bits per heavy atom. The van der Waals surface area contributed by atoms with Gasteiger partial charge in [-0.1, -0.05) is 23.7 Å². The second kappa shape index (κ2) is 6.33. The fourth-order valence-corrected chi connectivity index (χ4v) is 1.91. The number of hydrogen-bond donors (Lipinski definition) is 0. The Labute approximate surface area is 116 Å². The molecule has 19 heavy (non-hydrogen) atoms. The largest absolute Gasteiger partial charge is 0.372 e. The number of hydrogen-bond acceptors (Lipinski definition) is 2. The van der Waals surface area contributed by atoms with Crippen LogP contribution in [-0.2, 0) is 18.0 Å².